The Morgan fingerprint density at radius 2 is 1.78 bits per heavy atom. The van der Waals surface area contributed by atoms with Crippen molar-refractivity contribution in [3.8, 4) is 0 Å². The molecule has 1 aliphatic rings. The number of para-hydroxylation sites is 1. The van der Waals surface area contributed by atoms with E-state index < -0.39 is 0 Å². The van der Waals surface area contributed by atoms with Crippen LogP contribution in [0.1, 0.15) is 16.9 Å². The predicted molar refractivity (Wildman–Crippen MR) is 105 cm³/mol. The average molecular weight is 367 g/mol. The highest BCUT2D eigenvalue weighted by atomic mass is 16.3. The van der Waals surface area contributed by atoms with Gasteiger partial charge >= 0.3 is 0 Å². The van der Waals surface area contributed by atoms with Crippen molar-refractivity contribution in [2.24, 2.45) is 0 Å². The van der Waals surface area contributed by atoms with E-state index in [4.69, 9.17) is 4.42 Å². The molecule has 3 rings (SSSR count). The summed E-state index contributed by atoms with van der Waals surface area (Å²) >= 11 is 0. The third-order valence-corrected chi connectivity index (χ3v) is 4.73. The lowest BCUT2D eigenvalue weighted by molar-refractivity contribution is -0.127. The number of piperazine rings is 1. The maximum absolute atomic E-state index is 12.4. The van der Waals surface area contributed by atoms with Gasteiger partial charge in [-0.15, -0.1) is 0 Å². The third-order valence-electron chi connectivity index (χ3n) is 4.73. The summed E-state index contributed by atoms with van der Waals surface area (Å²) in [5.41, 5.74) is 3.00. The van der Waals surface area contributed by atoms with E-state index in [9.17, 15) is 9.59 Å². The number of benzene rings is 1. The predicted octanol–water partition coefficient (Wildman–Crippen LogP) is 2.69. The summed E-state index contributed by atoms with van der Waals surface area (Å²) in [5, 5.41) is 3.01. The van der Waals surface area contributed by atoms with Gasteiger partial charge in [-0.2, -0.15) is 0 Å². The van der Waals surface area contributed by atoms with Gasteiger partial charge in [0.25, 0.3) is 0 Å². The molecule has 0 saturated carbocycles. The van der Waals surface area contributed by atoms with Crippen LogP contribution in [0.15, 0.2) is 47.1 Å². The maximum Gasteiger partial charge on any atom is 0.246 e. The quantitative estimate of drug-likeness (QED) is 0.825. The van der Waals surface area contributed by atoms with Crippen LogP contribution in [0.5, 0.6) is 0 Å². The fraction of sp³-hybridized carbons (Fsp3) is 0.333. The van der Waals surface area contributed by atoms with E-state index in [0.717, 1.165) is 16.8 Å². The Morgan fingerprint density at radius 3 is 2.41 bits per heavy atom. The molecule has 2 amide bonds. The number of furan rings is 1. The number of hydrogen-bond donors (Lipinski definition) is 1. The molecule has 0 aliphatic carbocycles. The van der Waals surface area contributed by atoms with E-state index in [2.05, 4.69) is 10.2 Å². The summed E-state index contributed by atoms with van der Waals surface area (Å²) in [6, 6.07) is 9.55. The summed E-state index contributed by atoms with van der Waals surface area (Å²) in [5.74, 6) is 0.598. The van der Waals surface area contributed by atoms with E-state index >= 15 is 0 Å². The van der Waals surface area contributed by atoms with Crippen molar-refractivity contribution in [2.75, 3.05) is 38.0 Å². The first-order valence-corrected chi connectivity index (χ1v) is 9.12. The average Bonchev–Trinajstić information content (AvgIpc) is 3.17. The molecule has 0 atom stereocenters. The number of carbonyl (C=O) groups is 2. The van der Waals surface area contributed by atoms with Gasteiger partial charge in [0.1, 0.15) is 5.76 Å². The molecular formula is C21H25N3O3. The van der Waals surface area contributed by atoms with E-state index in [1.54, 1.807) is 29.4 Å². The Hall–Kier alpha value is -2.86. The molecule has 6 nitrogen and oxygen atoms in total. The zero-order chi connectivity index (χ0) is 19.2. The van der Waals surface area contributed by atoms with Crippen LogP contribution >= 0.6 is 0 Å². The summed E-state index contributed by atoms with van der Waals surface area (Å²) in [6.07, 6.45) is 4.78. The van der Waals surface area contributed by atoms with Crippen LogP contribution in [0.4, 0.5) is 5.69 Å². The van der Waals surface area contributed by atoms with Crippen molar-refractivity contribution in [1.29, 1.82) is 0 Å². The van der Waals surface area contributed by atoms with Gasteiger partial charge in [-0.1, -0.05) is 18.2 Å². The lowest BCUT2D eigenvalue weighted by Crippen LogP contribution is -2.50. The van der Waals surface area contributed by atoms with Gasteiger partial charge in [0.15, 0.2) is 0 Å². The molecule has 0 unspecified atom stereocenters. The van der Waals surface area contributed by atoms with Crippen molar-refractivity contribution >= 4 is 23.6 Å². The van der Waals surface area contributed by atoms with Gasteiger partial charge in [0, 0.05) is 37.9 Å². The van der Waals surface area contributed by atoms with Gasteiger partial charge in [0.05, 0.1) is 12.8 Å². The molecule has 1 aromatic heterocycles. The topological polar surface area (TPSA) is 65.8 Å². The van der Waals surface area contributed by atoms with E-state index in [-0.39, 0.29) is 11.8 Å². The van der Waals surface area contributed by atoms with Crippen LogP contribution in [-0.2, 0) is 9.59 Å². The zero-order valence-corrected chi connectivity index (χ0v) is 15.8. The van der Waals surface area contributed by atoms with Gasteiger partial charge < -0.3 is 14.6 Å². The second-order valence-electron chi connectivity index (χ2n) is 6.77. The number of nitrogens with one attached hydrogen (secondary N) is 1. The van der Waals surface area contributed by atoms with E-state index in [1.165, 1.54) is 6.08 Å². The van der Waals surface area contributed by atoms with Gasteiger partial charge in [0.2, 0.25) is 11.8 Å². The van der Waals surface area contributed by atoms with Crippen molar-refractivity contribution in [3.05, 3.63) is 59.6 Å². The molecule has 27 heavy (non-hydrogen) atoms. The summed E-state index contributed by atoms with van der Waals surface area (Å²) < 4.78 is 5.19. The highest BCUT2D eigenvalue weighted by Gasteiger charge is 2.21. The van der Waals surface area contributed by atoms with Crippen LogP contribution < -0.4 is 5.32 Å². The molecular weight excluding hydrogens is 342 g/mol. The van der Waals surface area contributed by atoms with E-state index in [0.29, 0.717) is 38.5 Å². The van der Waals surface area contributed by atoms with Crippen LogP contribution in [0.3, 0.4) is 0 Å². The molecule has 1 aromatic carbocycles. The molecule has 0 bridgehead atoms. The number of hydrogen-bond acceptors (Lipinski definition) is 4. The molecule has 142 valence electrons. The first-order valence-electron chi connectivity index (χ1n) is 9.12. The molecule has 0 spiro atoms. The second-order valence-corrected chi connectivity index (χ2v) is 6.77. The molecule has 0 radical (unpaired) electrons. The van der Waals surface area contributed by atoms with Crippen LogP contribution in [0.2, 0.25) is 0 Å². The van der Waals surface area contributed by atoms with Gasteiger partial charge in [-0.25, -0.2) is 0 Å². The summed E-state index contributed by atoms with van der Waals surface area (Å²) in [6.45, 7) is 6.89. The Balaban J connectivity index is 1.46. The molecule has 1 fully saturated rings. The number of carbonyl (C=O) groups excluding carboxylic acids is 2. The van der Waals surface area contributed by atoms with Crippen molar-refractivity contribution in [2.45, 2.75) is 13.8 Å². The summed E-state index contributed by atoms with van der Waals surface area (Å²) in [4.78, 5) is 28.5. The number of anilines is 1. The SMILES string of the molecule is Cc1cccc(C)c1NC(=O)CN1CCN(C(=O)/C=C/c2ccco2)CC1. The number of aryl methyl sites for hydroxylation is 2. The fourth-order valence-electron chi connectivity index (χ4n) is 3.16. The largest absolute Gasteiger partial charge is 0.465 e. The van der Waals surface area contributed by atoms with Crippen LogP contribution in [0, 0.1) is 13.8 Å². The standard InChI is InChI=1S/C21H25N3O3/c1-16-5-3-6-17(2)21(16)22-19(25)15-23-10-12-24(13-11-23)20(26)9-8-18-7-4-14-27-18/h3-9,14H,10-13,15H2,1-2H3,(H,22,25)/b9-8+. The van der Waals surface area contributed by atoms with Crippen molar-refractivity contribution in [3.63, 3.8) is 0 Å². The highest BCUT2D eigenvalue weighted by Crippen LogP contribution is 2.19. The fourth-order valence-corrected chi connectivity index (χ4v) is 3.16. The normalized spacial score (nSPS) is 15.3. The molecule has 2 heterocycles. The monoisotopic (exact) mass is 367 g/mol. The second kappa shape index (κ2) is 8.68. The molecule has 1 aliphatic heterocycles. The Kier molecular flexibility index (Phi) is 6.08. The Labute approximate surface area is 159 Å². The lowest BCUT2D eigenvalue weighted by Gasteiger charge is -2.33. The molecule has 1 saturated heterocycles. The molecule has 6 heteroatoms. The van der Waals surface area contributed by atoms with Gasteiger partial charge in [-0.05, 0) is 43.2 Å². The number of rotatable bonds is 5. The maximum atomic E-state index is 12.4. The molecule has 2 aromatic rings. The van der Waals surface area contributed by atoms with Crippen molar-refractivity contribution < 1.29 is 14.0 Å². The minimum Gasteiger partial charge on any atom is -0.465 e. The van der Waals surface area contributed by atoms with E-state index in [1.807, 2.05) is 32.0 Å². The molecule has 1 N–H and O–H groups in total. The zero-order valence-electron chi connectivity index (χ0n) is 15.8. The van der Waals surface area contributed by atoms with Crippen LogP contribution in [-0.4, -0.2) is 54.3 Å². The van der Waals surface area contributed by atoms with Crippen molar-refractivity contribution in [1.82, 2.24) is 9.80 Å². The minimum absolute atomic E-state index is 0.0232. The first kappa shape index (κ1) is 18.9. The first-order chi connectivity index (χ1) is 13.0. The van der Waals surface area contributed by atoms with Crippen LogP contribution in [0.25, 0.3) is 6.08 Å². The third kappa shape index (κ3) is 5.08. The Bertz CT molecular complexity index is 799. The highest BCUT2D eigenvalue weighted by molar-refractivity contribution is 5.94. The smallest absolute Gasteiger partial charge is 0.246 e. The number of amides is 2. The number of nitrogens with zero attached hydrogens (tertiary/aromatic N) is 2. The lowest BCUT2D eigenvalue weighted by atomic mass is 10.1. The van der Waals surface area contributed by atoms with Gasteiger partial charge in [-0.3, -0.25) is 14.5 Å². The Morgan fingerprint density at radius 1 is 1.07 bits per heavy atom. The minimum atomic E-state index is -0.0361. The summed E-state index contributed by atoms with van der Waals surface area (Å²) in [7, 11) is 0.